The largest absolute Gasteiger partial charge is 0.484 e. The average molecular weight is 430 g/mol. The van der Waals surface area contributed by atoms with Crippen LogP contribution in [0.2, 0.25) is 0 Å². The number of ether oxygens (including phenoxy) is 1. The van der Waals surface area contributed by atoms with Crippen molar-refractivity contribution in [1.29, 1.82) is 5.26 Å². The molecular formula is C19H15FN4O5S. The molecule has 1 aliphatic heterocycles. The SMILES string of the molecule is N#Cc1ccc(NC(=O)C2CSCN2C(=O)COc2ccc([N+](=O)[O-])c(F)c2)cc1. The molecular weight excluding hydrogens is 415 g/mol. The lowest BCUT2D eigenvalue weighted by Gasteiger charge is -2.23. The van der Waals surface area contributed by atoms with E-state index in [1.165, 1.54) is 22.7 Å². The van der Waals surface area contributed by atoms with Gasteiger partial charge in [0.15, 0.2) is 6.61 Å². The quantitative estimate of drug-likeness (QED) is 0.551. The Morgan fingerprint density at radius 3 is 2.70 bits per heavy atom. The normalized spacial score (nSPS) is 15.3. The Balaban J connectivity index is 1.59. The fourth-order valence-corrected chi connectivity index (χ4v) is 3.89. The number of rotatable bonds is 6. The van der Waals surface area contributed by atoms with Crippen LogP contribution in [0, 0.1) is 27.3 Å². The number of amides is 2. The van der Waals surface area contributed by atoms with E-state index in [1.807, 2.05) is 6.07 Å². The van der Waals surface area contributed by atoms with Crippen molar-refractivity contribution in [2.24, 2.45) is 0 Å². The van der Waals surface area contributed by atoms with Crippen molar-refractivity contribution in [3.05, 3.63) is 64.0 Å². The molecule has 1 N–H and O–H groups in total. The lowest BCUT2D eigenvalue weighted by atomic mass is 10.2. The van der Waals surface area contributed by atoms with Gasteiger partial charge in [-0.25, -0.2) is 0 Å². The first-order valence-electron chi connectivity index (χ1n) is 8.64. The summed E-state index contributed by atoms with van der Waals surface area (Å²) in [5.41, 5.74) is 0.270. The van der Waals surface area contributed by atoms with Gasteiger partial charge in [0.1, 0.15) is 11.8 Å². The van der Waals surface area contributed by atoms with Gasteiger partial charge < -0.3 is 15.0 Å². The summed E-state index contributed by atoms with van der Waals surface area (Å²) in [5.74, 6) is -1.25. The van der Waals surface area contributed by atoms with Crippen molar-refractivity contribution < 1.29 is 23.6 Å². The Morgan fingerprint density at radius 1 is 1.33 bits per heavy atom. The Hall–Kier alpha value is -3.65. The Kier molecular flexibility index (Phi) is 6.48. The molecule has 11 heteroatoms. The number of carbonyl (C=O) groups excluding carboxylic acids is 2. The summed E-state index contributed by atoms with van der Waals surface area (Å²) in [6.45, 7) is -0.446. The van der Waals surface area contributed by atoms with Crippen LogP contribution in [0.4, 0.5) is 15.8 Å². The van der Waals surface area contributed by atoms with E-state index in [9.17, 15) is 24.1 Å². The smallest absolute Gasteiger partial charge is 0.305 e. The lowest BCUT2D eigenvalue weighted by molar-refractivity contribution is -0.387. The van der Waals surface area contributed by atoms with E-state index in [-0.39, 0.29) is 11.7 Å². The number of nitriles is 1. The topological polar surface area (TPSA) is 126 Å². The van der Waals surface area contributed by atoms with Crippen LogP contribution >= 0.6 is 11.8 Å². The highest BCUT2D eigenvalue weighted by Crippen LogP contribution is 2.24. The summed E-state index contributed by atoms with van der Waals surface area (Å²) < 4.78 is 18.9. The molecule has 1 atom stereocenters. The number of carbonyl (C=O) groups is 2. The number of hydrogen-bond donors (Lipinski definition) is 1. The zero-order valence-electron chi connectivity index (χ0n) is 15.4. The minimum absolute atomic E-state index is 0.0307. The van der Waals surface area contributed by atoms with Crippen molar-refractivity contribution in [3.63, 3.8) is 0 Å². The van der Waals surface area contributed by atoms with E-state index in [0.29, 0.717) is 22.9 Å². The van der Waals surface area contributed by atoms with Gasteiger partial charge in [0.05, 0.1) is 22.4 Å². The van der Waals surface area contributed by atoms with Gasteiger partial charge in [0.2, 0.25) is 11.7 Å². The summed E-state index contributed by atoms with van der Waals surface area (Å²) in [7, 11) is 0. The molecule has 30 heavy (non-hydrogen) atoms. The maximum atomic E-state index is 13.7. The first-order chi connectivity index (χ1) is 14.4. The predicted molar refractivity (Wildman–Crippen MR) is 106 cm³/mol. The van der Waals surface area contributed by atoms with Crippen LogP contribution in [0.3, 0.4) is 0 Å². The van der Waals surface area contributed by atoms with Gasteiger partial charge in [-0.3, -0.25) is 19.7 Å². The van der Waals surface area contributed by atoms with Crippen molar-refractivity contribution in [1.82, 2.24) is 4.90 Å². The summed E-state index contributed by atoms with van der Waals surface area (Å²) in [6, 6.07) is 10.6. The van der Waals surface area contributed by atoms with Crippen LogP contribution in [-0.2, 0) is 9.59 Å². The second-order valence-electron chi connectivity index (χ2n) is 6.22. The maximum Gasteiger partial charge on any atom is 0.305 e. The number of benzene rings is 2. The standard InChI is InChI=1S/C19H15FN4O5S/c20-15-7-14(5-6-16(15)24(27)28)29-9-18(25)23-11-30-10-17(23)19(26)22-13-3-1-12(8-21)2-4-13/h1-7,17H,9-11H2,(H,22,26). The number of nitrogens with one attached hydrogen (secondary N) is 1. The molecule has 1 saturated heterocycles. The number of halogens is 1. The Labute approximate surface area is 174 Å². The number of nitro benzene ring substituents is 1. The Bertz CT molecular complexity index is 1020. The molecule has 1 fully saturated rings. The average Bonchev–Trinajstić information content (AvgIpc) is 3.22. The van der Waals surface area contributed by atoms with Gasteiger partial charge >= 0.3 is 5.69 Å². The van der Waals surface area contributed by atoms with E-state index in [2.05, 4.69) is 5.32 Å². The fourth-order valence-electron chi connectivity index (χ4n) is 2.71. The number of nitrogens with zero attached hydrogens (tertiary/aromatic N) is 3. The lowest BCUT2D eigenvalue weighted by Crippen LogP contribution is -2.46. The summed E-state index contributed by atoms with van der Waals surface area (Å²) in [4.78, 5) is 36.2. The maximum absolute atomic E-state index is 13.7. The molecule has 2 aromatic rings. The van der Waals surface area contributed by atoms with Crippen molar-refractivity contribution in [2.45, 2.75) is 6.04 Å². The summed E-state index contributed by atoms with van der Waals surface area (Å²) >= 11 is 1.40. The molecule has 1 heterocycles. The van der Waals surface area contributed by atoms with Crippen LogP contribution < -0.4 is 10.1 Å². The van der Waals surface area contributed by atoms with E-state index in [0.717, 1.165) is 12.1 Å². The molecule has 2 amide bonds. The van der Waals surface area contributed by atoms with Gasteiger partial charge in [0, 0.05) is 23.6 Å². The number of hydrogen-bond acceptors (Lipinski definition) is 7. The Morgan fingerprint density at radius 2 is 2.07 bits per heavy atom. The molecule has 0 bridgehead atoms. The van der Waals surface area contributed by atoms with E-state index in [4.69, 9.17) is 10.00 Å². The van der Waals surface area contributed by atoms with Crippen LogP contribution in [0.5, 0.6) is 5.75 Å². The minimum atomic E-state index is -1.07. The summed E-state index contributed by atoms with van der Waals surface area (Å²) in [5, 5.41) is 22.2. The van der Waals surface area contributed by atoms with Crippen LogP contribution in [0.15, 0.2) is 42.5 Å². The third kappa shape index (κ3) is 4.84. The second kappa shape index (κ2) is 9.23. The molecule has 0 saturated carbocycles. The van der Waals surface area contributed by atoms with Gasteiger partial charge in [-0.05, 0) is 30.3 Å². The molecule has 0 aromatic heterocycles. The van der Waals surface area contributed by atoms with Crippen molar-refractivity contribution >= 4 is 35.0 Å². The highest BCUT2D eigenvalue weighted by molar-refractivity contribution is 7.99. The van der Waals surface area contributed by atoms with Crippen LogP contribution in [0.1, 0.15) is 5.56 Å². The third-order valence-electron chi connectivity index (χ3n) is 4.27. The molecule has 0 radical (unpaired) electrons. The van der Waals surface area contributed by atoms with Gasteiger partial charge in [-0.1, -0.05) is 0 Å². The number of anilines is 1. The first kappa shape index (κ1) is 21.1. The van der Waals surface area contributed by atoms with Crippen LogP contribution in [0.25, 0.3) is 0 Å². The first-order valence-corrected chi connectivity index (χ1v) is 9.79. The fraction of sp³-hybridized carbons (Fsp3) is 0.211. The molecule has 154 valence electrons. The van der Waals surface area contributed by atoms with E-state index in [1.54, 1.807) is 24.3 Å². The van der Waals surface area contributed by atoms with E-state index < -0.39 is 35.0 Å². The minimum Gasteiger partial charge on any atom is -0.484 e. The molecule has 3 rings (SSSR count). The zero-order valence-corrected chi connectivity index (χ0v) is 16.2. The van der Waals surface area contributed by atoms with Crippen molar-refractivity contribution in [2.75, 3.05) is 23.6 Å². The predicted octanol–water partition coefficient (Wildman–Crippen LogP) is 2.52. The van der Waals surface area contributed by atoms with E-state index >= 15 is 0 Å². The zero-order chi connectivity index (χ0) is 21.7. The molecule has 1 aliphatic rings. The molecule has 0 spiro atoms. The molecule has 9 nitrogen and oxygen atoms in total. The molecule has 0 aliphatic carbocycles. The van der Waals surface area contributed by atoms with Crippen molar-refractivity contribution in [3.8, 4) is 11.8 Å². The highest BCUT2D eigenvalue weighted by Gasteiger charge is 2.34. The van der Waals surface area contributed by atoms with Gasteiger partial charge in [-0.2, -0.15) is 9.65 Å². The number of nitro groups is 1. The third-order valence-corrected chi connectivity index (χ3v) is 5.28. The summed E-state index contributed by atoms with van der Waals surface area (Å²) in [6.07, 6.45) is 0. The molecule has 2 aromatic carbocycles. The van der Waals surface area contributed by atoms with Gasteiger partial charge in [-0.15, -0.1) is 11.8 Å². The van der Waals surface area contributed by atoms with Gasteiger partial charge in [0.25, 0.3) is 5.91 Å². The second-order valence-corrected chi connectivity index (χ2v) is 7.22. The van der Waals surface area contributed by atoms with Crippen LogP contribution in [-0.4, -0.2) is 45.9 Å². The highest BCUT2D eigenvalue weighted by atomic mass is 32.2. The monoisotopic (exact) mass is 430 g/mol. The molecule has 1 unspecified atom stereocenters. The number of thioether (sulfide) groups is 1.